The fraction of sp³-hybridized carbons (Fsp3) is 0.385. The molecular weight excluding hydrogens is 248 g/mol. The molecule has 0 aliphatic heterocycles. The first-order valence-corrected chi connectivity index (χ1v) is 5.99. The average Bonchev–Trinajstić information content (AvgIpc) is 2.36. The number of ketones is 2. The fourth-order valence-corrected chi connectivity index (χ4v) is 1.99. The molecule has 1 unspecified atom stereocenters. The van der Waals surface area contributed by atoms with Crippen LogP contribution in [0.25, 0.3) is 0 Å². The third kappa shape index (κ3) is 2.96. The van der Waals surface area contributed by atoms with Crippen molar-refractivity contribution in [3.63, 3.8) is 0 Å². The van der Waals surface area contributed by atoms with Crippen LogP contribution in [-0.2, 0) is 16.6 Å². The predicted octanol–water partition coefficient (Wildman–Crippen LogP) is -0.194. The number of pyridine rings is 1. The van der Waals surface area contributed by atoms with Gasteiger partial charge >= 0.3 is 0 Å². The van der Waals surface area contributed by atoms with Crippen LogP contribution in [0.4, 0.5) is 0 Å². The van der Waals surface area contributed by atoms with E-state index in [-0.39, 0.29) is 23.5 Å². The van der Waals surface area contributed by atoms with Gasteiger partial charge in [-0.05, 0) is 12.5 Å². The lowest BCUT2D eigenvalue weighted by Crippen LogP contribution is -2.44. The molecule has 1 fully saturated rings. The molecule has 6 heteroatoms. The Bertz CT molecular complexity index is 603. The van der Waals surface area contributed by atoms with E-state index in [9.17, 15) is 19.2 Å². The summed E-state index contributed by atoms with van der Waals surface area (Å²) in [6, 6.07) is 2.10. The van der Waals surface area contributed by atoms with Crippen molar-refractivity contribution in [3.8, 4) is 0 Å². The van der Waals surface area contributed by atoms with Crippen molar-refractivity contribution in [1.82, 2.24) is 9.88 Å². The van der Waals surface area contributed by atoms with Crippen molar-refractivity contribution >= 4 is 17.5 Å². The van der Waals surface area contributed by atoms with Crippen LogP contribution in [0.1, 0.15) is 29.6 Å². The summed E-state index contributed by atoms with van der Waals surface area (Å²) in [7, 11) is 1.55. The van der Waals surface area contributed by atoms with E-state index < -0.39 is 11.9 Å². The molecule has 6 nitrogen and oxygen atoms in total. The van der Waals surface area contributed by atoms with E-state index >= 15 is 0 Å². The molecule has 1 atom stereocenters. The van der Waals surface area contributed by atoms with Crippen molar-refractivity contribution in [1.29, 1.82) is 0 Å². The molecule has 1 amide bonds. The quantitative estimate of drug-likeness (QED) is 0.748. The topological polar surface area (TPSA) is 85.2 Å². The molecule has 1 aromatic heterocycles. The van der Waals surface area contributed by atoms with Gasteiger partial charge in [-0.2, -0.15) is 0 Å². The van der Waals surface area contributed by atoms with Gasteiger partial charge in [-0.3, -0.25) is 19.2 Å². The molecule has 100 valence electrons. The molecular formula is C13H14N2O4. The van der Waals surface area contributed by atoms with Gasteiger partial charge in [0.25, 0.3) is 5.91 Å². The van der Waals surface area contributed by atoms with Gasteiger partial charge in [-0.25, -0.2) is 0 Å². The largest absolute Gasteiger partial charge is 0.342 e. The number of nitrogens with one attached hydrogen (secondary N) is 1. The van der Waals surface area contributed by atoms with E-state index in [0.29, 0.717) is 18.4 Å². The molecule has 0 aromatic carbocycles. The summed E-state index contributed by atoms with van der Waals surface area (Å²) in [6.45, 7) is 0. The van der Waals surface area contributed by atoms with E-state index in [0.717, 1.165) is 0 Å². The Labute approximate surface area is 109 Å². The van der Waals surface area contributed by atoms with Crippen LogP contribution in [0, 0.1) is 0 Å². The van der Waals surface area contributed by atoms with E-state index in [1.54, 1.807) is 7.05 Å². The van der Waals surface area contributed by atoms with Gasteiger partial charge in [0, 0.05) is 25.7 Å². The first-order chi connectivity index (χ1) is 8.97. The molecule has 1 heterocycles. The normalized spacial score (nSPS) is 19.3. The zero-order valence-electron chi connectivity index (χ0n) is 10.5. The number of carbonyl (C=O) groups excluding carboxylic acids is 3. The molecule has 0 saturated heterocycles. The molecule has 1 saturated carbocycles. The van der Waals surface area contributed by atoms with Crippen molar-refractivity contribution in [2.75, 3.05) is 0 Å². The predicted molar refractivity (Wildman–Crippen MR) is 66.8 cm³/mol. The van der Waals surface area contributed by atoms with Crippen LogP contribution in [0.2, 0.25) is 0 Å². The summed E-state index contributed by atoms with van der Waals surface area (Å²) in [5.74, 6) is -0.754. The molecule has 0 spiro atoms. The summed E-state index contributed by atoms with van der Waals surface area (Å²) < 4.78 is 1.29. The highest BCUT2D eigenvalue weighted by atomic mass is 16.2. The smallest absolute Gasteiger partial charge is 0.253 e. The highest BCUT2D eigenvalue weighted by molar-refractivity contribution is 6.06. The molecule has 1 aromatic rings. The average molecular weight is 262 g/mol. The second-order valence-electron chi connectivity index (χ2n) is 4.61. The second kappa shape index (κ2) is 5.17. The summed E-state index contributed by atoms with van der Waals surface area (Å²) in [6.07, 6.45) is 1.95. The maximum Gasteiger partial charge on any atom is 0.253 e. The number of hydrogen-bond acceptors (Lipinski definition) is 4. The molecule has 0 bridgehead atoms. The van der Waals surface area contributed by atoms with Gasteiger partial charge in [0.2, 0.25) is 5.56 Å². The maximum absolute atomic E-state index is 11.9. The number of hydrogen-bond donors (Lipinski definition) is 1. The number of amides is 1. The number of aryl methyl sites for hydroxylation is 1. The third-order valence-electron chi connectivity index (χ3n) is 3.13. The molecule has 19 heavy (non-hydrogen) atoms. The van der Waals surface area contributed by atoms with E-state index in [1.807, 2.05) is 0 Å². The second-order valence-corrected chi connectivity index (χ2v) is 4.61. The number of Topliss-reactive ketones (excluding diaryl/α,β-unsaturated/α-hetero) is 2. The monoisotopic (exact) mass is 262 g/mol. The van der Waals surface area contributed by atoms with Crippen LogP contribution in [0.5, 0.6) is 0 Å². The lowest BCUT2D eigenvalue weighted by atomic mass is 9.93. The number of nitrogens with zero attached hydrogens (tertiary/aromatic N) is 1. The number of carbonyl (C=O) groups is 3. The van der Waals surface area contributed by atoms with Gasteiger partial charge in [-0.15, -0.1) is 0 Å². The third-order valence-corrected chi connectivity index (χ3v) is 3.13. The van der Waals surface area contributed by atoms with Crippen LogP contribution < -0.4 is 10.9 Å². The van der Waals surface area contributed by atoms with Crippen LogP contribution in [0.15, 0.2) is 23.1 Å². The Hall–Kier alpha value is -2.24. The number of rotatable bonds is 2. The van der Waals surface area contributed by atoms with E-state index in [1.165, 1.54) is 22.9 Å². The van der Waals surface area contributed by atoms with Crippen LogP contribution >= 0.6 is 0 Å². The van der Waals surface area contributed by atoms with Gasteiger partial charge in [0.1, 0.15) is 5.78 Å². The molecule has 0 radical (unpaired) electrons. The highest BCUT2D eigenvalue weighted by Crippen LogP contribution is 2.12. The van der Waals surface area contributed by atoms with Crippen molar-refractivity contribution < 1.29 is 14.4 Å². The number of aromatic nitrogens is 1. The van der Waals surface area contributed by atoms with Crippen molar-refractivity contribution in [2.45, 2.75) is 25.3 Å². The summed E-state index contributed by atoms with van der Waals surface area (Å²) in [5.41, 5.74) is 0.0997. The Morgan fingerprint density at radius 2 is 2.05 bits per heavy atom. The van der Waals surface area contributed by atoms with Crippen molar-refractivity contribution in [3.05, 3.63) is 34.2 Å². The van der Waals surface area contributed by atoms with E-state index in [4.69, 9.17) is 0 Å². The molecule has 1 aliphatic carbocycles. The Morgan fingerprint density at radius 1 is 1.32 bits per heavy atom. The Morgan fingerprint density at radius 3 is 2.68 bits per heavy atom. The fourth-order valence-electron chi connectivity index (χ4n) is 1.99. The zero-order valence-corrected chi connectivity index (χ0v) is 10.5. The Kier molecular flexibility index (Phi) is 3.59. The van der Waals surface area contributed by atoms with Crippen LogP contribution in [0.3, 0.4) is 0 Å². The van der Waals surface area contributed by atoms with Crippen LogP contribution in [-0.4, -0.2) is 28.1 Å². The molecule has 1 N–H and O–H groups in total. The molecule has 1 aliphatic rings. The minimum absolute atomic E-state index is 0.0855. The minimum atomic E-state index is -0.609. The van der Waals surface area contributed by atoms with Crippen molar-refractivity contribution in [2.24, 2.45) is 7.05 Å². The molecule has 2 rings (SSSR count). The zero-order chi connectivity index (χ0) is 14.0. The lowest BCUT2D eigenvalue weighted by Gasteiger charge is -2.21. The highest BCUT2D eigenvalue weighted by Gasteiger charge is 2.28. The van der Waals surface area contributed by atoms with Gasteiger partial charge in [0.15, 0.2) is 5.78 Å². The van der Waals surface area contributed by atoms with Gasteiger partial charge in [-0.1, -0.05) is 0 Å². The Balaban J connectivity index is 2.08. The minimum Gasteiger partial charge on any atom is -0.342 e. The first kappa shape index (κ1) is 13.2. The standard InChI is InChI=1S/C13H14N2O4/c1-15-7-8(2-5-12(15)18)13(19)14-10-4-3-9(16)6-11(10)17/h2,5,7,10H,3-4,6H2,1H3,(H,14,19). The first-order valence-electron chi connectivity index (χ1n) is 5.99. The maximum atomic E-state index is 11.9. The lowest BCUT2D eigenvalue weighted by molar-refractivity contribution is -0.131. The SMILES string of the molecule is Cn1cc(C(=O)NC2CCC(=O)CC2=O)ccc1=O. The van der Waals surface area contributed by atoms with E-state index in [2.05, 4.69) is 5.32 Å². The van der Waals surface area contributed by atoms with Gasteiger partial charge < -0.3 is 9.88 Å². The summed E-state index contributed by atoms with van der Waals surface area (Å²) >= 11 is 0. The van der Waals surface area contributed by atoms with Gasteiger partial charge in [0.05, 0.1) is 18.0 Å². The summed E-state index contributed by atoms with van der Waals surface area (Å²) in [5, 5.41) is 2.60. The summed E-state index contributed by atoms with van der Waals surface area (Å²) in [4.78, 5) is 45.8.